The van der Waals surface area contributed by atoms with E-state index < -0.39 is 11.8 Å². The first-order valence-corrected chi connectivity index (χ1v) is 4.86. The molecule has 0 atom stereocenters. The summed E-state index contributed by atoms with van der Waals surface area (Å²) in [6.07, 6.45) is 1.26. The maximum absolute atomic E-state index is 13.2. The lowest BCUT2D eigenvalue weighted by Crippen LogP contribution is -2.01. The van der Waals surface area contributed by atoms with Gasteiger partial charge in [-0.2, -0.15) is 0 Å². The highest BCUT2D eigenvalue weighted by Crippen LogP contribution is 2.27. The Balaban J connectivity index is 2.97. The molecule has 0 radical (unpaired) electrons. The highest BCUT2D eigenvalue weighted by atomic mass is 35.5. The van der Waals surface area contributed by atoms with Crippen molar-refractivity contribution in [2.45, 2.75) is 6.92 Å². The number of aryl methyl sites for hydroxylation is 1. The maximum atomic E-state index is 13.2. The number of carboxylic acid groups (broad SMARTS) is 1. The topological polar surface area (TPSA) is 50.2 Å². The van der Waals surface area contributed by atoms with E-state index in [2.05, 4.69) is 4.98 Å². The molecule has 1 N–H and O–H groups in total. The number of fused-ring (bicyclic) bond motifs is 1. The van der Waals surface area contributed by atoms with E-state index in [1.54, 1.807) is 6.92 Å². The molecular formula is C11H7ClFNO2. The third-order valence-electron chi connectivity index (χ3n) is 2.29. The molecule has 0 unspecified atom stereocenters. The number of hydrogen-bond acceptors (Lipinski definition) is 2. The summed E-state index contributed by atoms with van der Waals surface area (Å²) < 4.78 is 13.2. The second-order valence-electron chi connectivity index (χ2n) is 3.41. The van der Waals surface area contributed by atoms with Crippen molar-refractivity contribution in [2.75, 3.05) is 0 Å². The standard InChI is InChI=1S/C11H7ClFNO2/c1-5-2-6(13)3-7-9(11(15)16)8(12)4-14-10(5)7/h2-4H,1H3,(H,15,16). The van der Waals surface area contributed by atoms with Crippen molar-refractivity contribution in [1.82, 2.24) is 4.98 Å². The van der Waals surface area contributed by atoms with Gasteiger partial charge in [0.1, 0.15) is 5.82 Å². The molecule has 1 aromatic carbocycles. The number of halogens is 2. The second kappa shape index (κ2) is 3.72. The van der Waals surface area contributed by atoms with Gasteiger partial charge >= 0.3 is 5.97 Å². The zero-order chi connectivity index (χ0) is 11.9. The van der Waals surface area contributed by atoms with Crippen LogP contribution in [-0.2, 0) is 0 Å². The average molecular weight is 240 g/mol. The summed E-state index contributed by atoms with van der Waals surface area (Å²) in [7, 11) is 0. The summed E-state index contributed by atoms with van der Waals surface area (Å²) in [5.41, 5.74) is 0.909. The van der Waals surface area contributed by atoms with Crippen LogP contribution in [0, 0.1) is 12.7 Å². The van der Waals surface area contributed by atoms with Crippen LogP contribution in [0.15, 0.2) is 18.3 Å². The Morgan fingerprint density at radius 2 is 2.19 bits per heavy atom. The molecule has 2 aromatic rings. The summed E-state index contributed by atoms with van der Waals surface area (Å²) in [6.45, 7) is 1.66. The number of benzene rings is 1. The van der Waals surface area contributed by atoms with Crippen LogP contribution in [0.2, 0.25) is 5.02 Å². The number of carboxylic acids is 1. The molecule has 5 heteroatoms. The molecule has 0 saturated heterocycles. The van der Waals surface area contributed by atoms with E-state index in [1.165, 1.54) is 12.3 Å². The zero-order valence-electron chi connectivity index (χ0n) is 8.29. The van der Waals surface area contributed by atoms with E-state index in [4.69, 9.17) is 16.7 Å². The van der Waals surface area contributed by atoms with Crippen molar-refractivity contribution >= 4 is 28.5 Å². The summed E-state index contributed by atoms with van der Waals surface area (Å²) in [5, 5.41) is 9.24. The minimum Gasteiger partial charge on any atom is -0.478 e. The summed E-state index contributed by atoms with van der Waals surface area (Å²) in [5.74, 6) is -1.70. The van der Waals surface area contributed by atoms with Gasteiger partial charge in [-0.15, -0.1) is 0 Å². The van der Waals surface area contributed by atoms with Crippen LogP contribution in [0.3, 0.4) is 0 Å². The fourth-order valence-electron chi connectivity index (χ4n) is 1.63. The minimum atomic E-state index is -1.19. The van der Waals surface area contributed by atoms with Gasteiger partial charge in [0, 0.05) is 11.6 Å². The monoisotopic (exact) mass is 239 g/mol. The van der Waals surface area contributed by atoms with Gasteiger partial charge in [0.25, 0.3) is 0 Å². The Bertz CT molecular complexity index is 598. The quantitative estimate of drug-likeness (QED) is 0.832. The molecule has 0 aliphatic heterocycles. The zero-order valence-corrected chi connectivity index (χ0v) is 9.05. The first kappa shape index (κ1) is 10.8. The third kappa shape index (κ3) is 1.61. The number of aromatic nitrogens is 1. The first-order valence-electron chi connectivity index (χ1n) is 4.48. The van der Waals surface area contributed by atoms with Crippen molar-refractivity contribution in [3.8, 4) is 0 Å². The van der Waals surface area contributed by atoms with Gasteiger partial charge in [0.05, 0.1) is 16.1 Å². The number of pyridine rings is 1. The van der Waals surface area contributed by atoms with Crippen molar-refractivity contribution in [1.29, 1.82) is 0 Å². The fraction of sp³-hybridized carbons (Fsp3) is 0.0909. The molecule has 0 saturated carbocycles. The minimum absolute atomic E-state index is 0.00463. The van der Waals surface area contributed by atoms with Crippen LogP contribution < -0.4 is 0 Å². The Hall–Kier alpha value is -1.68. The van der Waals surface area contributed by atoms with E-state index in [0.717, 1.165) is 6.07 Å². The highest BCUT2D eigenvalue weighted by molar-refractivity contribution is 6.35. The predicted molar refractivity (Wildman–Crippen MR) is 58.4 cm³/mol. The third-order valence-corrected chi connectivity index (χ3v) is 2.58. The van der Waals surface area contributed by atoms with Crippen LogP contribution in [-0.4, -0.2) is 16.1 Å². The maximum Gasteiger partial charge on any atom is 0.337 e. The summed E-state index contributed by atoms with van der Waals surface area (Å²) in [4.78, 5) is 15.0. The number of aromatic carboxylic acids is 1. The molecule has 82 valence electrons. The SMILES string of the molecule is Cc1cc(F)cc2c(C(=O)O)c(Cl)cnc12. The lowest BCUT2D eigenvalue weighted by Gasteiger charge is -2.06. The van der Waals surface area contributed by atoms with Gasteiger partial charge in [-0.1, -0.05) is 11.6 Å². The molecular weight excluding hydrogens is 233 g/mol. The molecule has 1 heterocycles. The van der Waals surface area contributed by atoms with E-state index in [9.17, 15) is 9.18 Å². The molecule has 1 aromatic heterocycles. The Morgan fingerprint density at radius 3 is 2.81 bits per heavy atom. The van der Waals surface area contributed by atoms with Gasteiger partial charge in [0.2, 0.25) is 0 Å². The predicted octanol–water partition coefficient (Wildman–Crippen LogP) is 3.03. The van der Waals surface area contributed by atoms with E-state index in [-0.39, 0.29) is 16.0 Å². The molecule has 0 spiro atoms. The Labute approximate surface area is 95.5 Å². The molecule has 3 nitrogen and oxygen atoms in total. The normalized spacial score (nSPS) is 10.7. The van der Waals surface area contributed by atoms with Crippen LogP contribution in [0.1, 0.15) is 15.9 Å². The Morgan fingerprint density at radius 1 is 1.50 bits per heavy atom. The van der Waals surface area contributed by atoms with Gasteiger partial charge in [-0.25, -0.2) is 9.18 Å². The number of hydrogen-bond donors (Lipinski definition) is 1. The van der Waals surface area contributed by atoms with Crippen molar-refractivity contribution in [3.05, 3.63) is 40.3 Å². The van der Waals surface area contributed by atoms with Gasteiger partial charge in [-0.05, 0) is 24.6 Å². The van der Waals surface area contributed by atoms with Crippen LogP contribution in [0.4, 0.5) is 4.39 Å². The number of rotatable bonds is 1. The summed E-state index contributed by atoms with van der Waals surface area (Å²) in [6, 6.07) is 2.43. The summed E-state index contributed by atoms with van der Waals surface area (Å²) >= 11 is 5.74. The molecule has 0 bridgehead atoms. The second-order valence-corrected chi connectivity index (χ2v) is 3.81. The first-order chi connectivity index (χ1) is 7.50. The molecule has 0 amide bonds. The fourth-order valence-corrected chi connectivity index (χ4v) is 1.86. The molecule has 0 fully saturated rings. The number of nitrogens with zero attached hydrogens (tertiary/aromatic N) is 1. The van der Waals surface area contributed by atoms with Crippen LogP contribution in [0.25, 0.3) is 10.9 Å². The average Bonchev–Trinajstić information content (AvgIpc) is 2.15. The lowest BCUT2D eigenvalue weighted by molar-refractivity contribution is 0.0699. The highest BCUT2D eigenvalue weighted by Gasteiger charge is 2.16. The van der Waals surface area contributed by atoms with E-state index >= 15 is 0 Å². The lowest BCUT2D eigenvalue weighted by atomic mass is 10.1. The van der Waals surface area contributed by atoms with Crippen LogP contribution in [0.5, 0.6) is 0 Å². The number of carbonyl (C=O) groups is 1. The van der Waals surface area contributed by atoms with Gasteiger partial charge in [-0.3, -0.25) is 4.98 Å². The van der Waals surface area contributed by atoms with E-state index in [1.807, 2.05) is 0 Å². The van der Waals surface area contributed by atoms with Crippen molar-refractivity contribution in [3.63, 3.8) is 0 Å². The Kier molecular flexibility index (Phi) is 2.52. The van der Waals surface area contributed by atoms with Gasteiger partial charge in [0.15, 0.2) is 0 Å². The largest absolute Gasteiger partial charge is 0.478 e. The van der Waals surface area contributed by atoms with E-state index in [0.29, 0.717) is 11.1 Å². The van der Waals surface area contributed by atoms with Crippen LogP contribution >= 0.6 is 11.6 Å². The smallest absolute Gasteiger partial charge is 0.337 e. The van der Waals surface area contributed by atoms with Gasteiger partial charge < -0.3 is 5.11 Å². The molecule has 2 rings (SSSR count). The molecule has 16 heavy (non-hydrogen) atoms. The van der Waals surface area contributed by atoms with Crippen molar-refractivity contribution < 1.29 is 14.3 Å². The molecule has 0 aliphatic carbocycles. The molecule has 0 aliphatic rings. The van der Waals surface area contributed by atoms with Crippen molar-refractivity contribution in [2.24, 2.45) is 0 Å².